The average Bonchev–Trinajstić information content (AvgIpc) is 3.68. The Kier molecular flexibility index (Phi) is 6.67. The normalized spacial score (nSPS) is 30.0. The number of aromatic amines is 1. The Morgan fingerprint density at radius 1 is 1.07 bits per heavy atom. The van der Waals surface area contributed by atoms with Crippen molar-refractivity contribution in [1.29, 1.82) is 0 Å². The number of nitrogens with two attached hydrogens (primary N) is 2. The number of nitrogen functional groups attached to an aromatic ring is 2. The lowest BCUT2D eigenvalue weighted by Crippen LogP contribution is -2.34. The Hall–Kier alpha value is -3.74. The molecule has 0 saturated carbocycles. The zero-order valence-corrected chi connectivity index (χ0v) is 22.0. The third-order valence-electron chi connectivity index (χ3n) is 7.18. The second-order valence-electron chi connectivity index (χ2n) is 9.65. The summed E-state index contributed by atoms with van der Waals surface area (Å²) in [5.74, 6) is 0.135. The van der Waals surface area contributed by atoms with Crippen LogP contribution in [0.4, 0.5) is 11.6 Å². The molecule has 0 spiro atoms. The van der Waals surface area contributed by atoms with Crippen molar-refractivity contribution in [1.82, 2.24) is 34.1 Å². The van der Waals surface area contributed by atoms with Gasteiger partial charge in [0.15, 0.2) is 29.4 Å². The lowest BCUT2D eigenvalue weighted by Gasteiger charge is -2.26. The number of ether oxygens (including phenoxy) is 2. The molecule has 9 N–H and O–H groups in total. The van der Waals surface area contributed by atoms with E-state index in [2.05, 4.69) is 31.5 Å². The van der Waals surface area contributed by atoms with Gasteiger partial charge >= 0.3 is 7.60 Å². The number of hydrogen-bond acceptors (Lipinski definition) is 14. The van der Waals surface area contributed by atoms with E-state index in [-0.39, 0.29) is 39.4 Å². The molecular weight excluding hydrogens is 565 g/mol. The molecule has 0 aliphatic carbocycles. The van der Waals surface area contributed by atoms with E-state index in [9.17, 15) is 29.6 Å². The van der Waals surface area contributed by atoms with Crippen molar-refractivity contribution in [3.05, 3.63) is 47.6 Å². The molecule has 0 bridgehead atoms. The number of aliphatic hydroxyl groups is 3. The molecule has 19 heteroatoms. The summed E-state index contributed by atoms with van der Waals surface area (Å²) in [6.07, 6.45) is -3.97. The number of pyridine rings is 1. The summed E-state index contributed by atoms with van der Waals surface area (Å²) < 4.78 is 33.4. The highest BCUT2D eigenvalue weighted by atomic mass is 31.2. The van der Waals surface area contributed by atoms with Gasteiger partial charge in [-0.05, 0) is 5.57 Å². The number of aromatic nitrogens is 7. The van der Waals surface area contributed by atoms with Crippen molar-refractivity contribution in [3.63, 3.8) is 0 Å². The fourth-order valence-corrected chi connectivity index (χ4v) is 6.77. The minimum atomic E-state index is -4.70. The second-order valence-corrected chi connectivity index (χ2v) is 11.6. The average molecular weight is 591 g/mol. The van der Waals surface area contributed by atoms with Crippen LogP contribution in [0.2, 0.25) is 0 Å². The second kappa shape index (κ2) is 9.97. The number of imidazole rings is 2. The molecule has 2 aliphatic heterocycles. The fourth-order valence-electron chi connectivity index (χ4n) is 5.13. The first-order valence-corrected chi connectivity index (χ1v) is 13.9. The molecule has 2 saturated heterocycles. The zero-order chi connectivity index (χ0) is 29.2. The molecule has 2 fully saturated rings. The number of aliphatic hydroxyl groups excluding tert-OH is 3. The van der Waals surface area contributed by atoms with Gasteiger partial charge in [0.2, 0.25) is 0 Å². The van der Waals surface area contributed by atoms with E-state index >= 15 is 0 Å². The maximum Gasteiger partial charge on any atom is 0.339 e. The highest BCUT2D eigenvalue weighted by Crippen LogP contribution is 2.59. The number of H-pyrrole nitrogens is 1. The molecule has 0 radical (unpaired) electrons. The Bertz CT molecular complexity index is 1760. The molecule has 4 aromatic rings. The number of anilines is 2. The highest BCUT2D eigenvalue weighted by molar-refractivity contribution is 7.54. The molecule has 0 aromatic carbocycles. The van der Waals surface area contributed by atoms with Crippen molar-refractivity contribution < 1.29 is 38.8 Å². The van der Waals surface area contributed by atoms with Crippen LogP contribution in [0.5, 0.6) is 0 Å². The van der Waals surface area contributed by atoms with Crippen LogP contribution in [0.3, 0.4) is 0 Å². The van der Waals surface area contributed by atoms with Crippen LogP contribution >= 0.6 is 7.60 Å². The maximum absolute atomic E-state index is 13.7. The third-order valence-corrected chi connectivity index (χ3v) is 8.99. The molecule has 6 rings (SSSR count). The Labute approximate surface area is 229 Å². The van der Waals surface area contributed by atoms with E-state index in [1.54, 1.807) is 0 Å². The smallest absolute Gasteiger partial charge is 0.339 e. The van der Waals surface area contributed by atoms with Gasteiger partial charge in [-0.3, -0.25) is 13.9 Å². The van der Waals surface area contributed by atoms with Gasteiger partial charge in [-0.25, -0.2) is 19.9 Å². The lowest BCUT2D eigenvalue weighted by molar-refractivity contribution is -0.0495. The topological polar surface area (TPSA) is 272 Å². The minimum Gasteiger partial charge on any atom is -0.393 e. The molecular formula is C22H26N9O9P. The van der Waals surface area contributed by atoms with E-state index in [4.69, 9.17) is 25.5 Å². The Balaban J connectivity index is 1.25. The van der Waals surface area contributed by atoms with Gasteiger partial charge in [0.25, 0.3) is 5.56 Å². The van der Waals surface area contributed by atoms with E-state index < -0.39 is 68.9 Å². The number of nitrogens with one attached hydrogen (secondary N) is 1. The summed E-state index contributed by atoms with van der Waals surface area (Å²) in [5.41, 5.74) is 10.4. The molecule has 1 unspecified atom stereocenters. The van der Waals surface area contributed by atoms with Gasteiger partial charge in [0, 0.05) is 6.07 Å². The number of rotatable bonds is 7. The maximum atomic E-state index is 13.7. The van der Waals surface area contributed by atoms with Crippen LogP contribution in [-0.4, -0.2) is 97.6 Å². The van der Waals surface area contributed by atoms with Crippen molar-refractivity contribution >= 4 is 41.4 Å². The molecule has 8 atom stereocenters. The van der Waals surface area contributed by atoms with E-state index in [0.29, 0.717) is 0 Å². The van der Waals surface area contributed by atoms with Crippen molar-refractivity contribution in [2.45, 2.75) is 42.5 Å². The summed E-state index contributed by atoms with van der Waals surface area (Å²) in [6.45, 7) is 2.67. The van der Waals surface area contributed by atoms with Crippen molar-refractivity contribution in [3.8, 4) is 0 Å². The van der Waals surface area contributed by atoms with E-state index in [0.717, 1.165) is 0 Å². The molecule has 6 heterocycles. The van der Waals surface area contributed by atoms with Crippen LogP contribution in [0.15, 0.2) is 42.0 Å². The summed E-state index contributed by atoms with van der Waals surface area (Å²) in [4.78, 5) is 41.9. The van der Waals surface area contributed by atoms with Gasteiger partial charge in [-0.15, -0.1) is 0 Å². The molecule has 2 aliphatic rings. The van der Waals surface area contributed by atoms with Crippen LogP contribution in [-0.2, 0) is 18.6 Å². The molecule has 41 heavy (non-hydrogen) atoms. The molecule has 18 nitrogen and oxygen atoms in total. The SMILES string of the molecule is C=C1[C@@H](P(=O)(O)OC[C@H]2O[C@@H](n3cnc4c(N)ncnc43)[C@H](O)[C@@H]2O)[C@H](n2cnc3c(=O)[nH]c(N)cc32)O[C@@H]1CO. The first-order chi connectivity index (χ1) is 19.5. The predicted octanol–water partition coefficient (Wildman–Crippen LogP) is -1.64. The predicted molar refractivity (Wildman–Crippen MR) is 140 cm³/mol. The largest absolute Gasteiger partial charge is 0.393 e. The first kappa shape index (κ1) is 27.4. The summed E-state index contributed by atoms with van der Waals surface area (Å²) >= 11 is 0. The summed E-state index contributed by atoms with van der Waals surface area (Å²) in [7, 11) is -4.70. The molecule has 0 amide bonds. The third kappa shape index (κ3) is 4.41. The van der Waals surface area contributed by atoms with Gasteiger partial charge in [0.1, 0.15) is 47.7 Å². The van der Waals surface area contributed by atoms with Gasteiger partial charge in [-0.1, -0.05) is 6.58 Å². The first-order valence-electron chi connectivity index (χ1n) is 12.2. The van der Waals surface area contributed by atoms with E-state index in [1.807, 2.05) is 0 Å². The monoisotopic (exact) mass is 591 g/mol. The molecule has 218 valence electrons. The van der Waals surface area contributed by atoms with Crippen molar-refractivity contribution in [2.24, 2.45) is 0 Å². The van der Waals surface area contributed by atoms with Crippen LogP contribution < -0.4 is 17.0 Å². The number of fused-ring (bicyclic) bond motifs is 2. The van der Waals surface area contributed by atoms with Gasteiger partial charge in [0.05, 0.1) is 31.4 Å². The lowest BCUT2D eigenvalue weighted by atomic mass is 10.1. The Morgan fingerprint density at radius 2 is 1.80 bits per heavy atom. The van der Waals surface area contributed by atoms with Crippen LogP contribution in [0, 0.1) is 0 Å². The van der Waals surface area contributed by atoms with Crippen LogP contribution in [0.25, 0.3) is 22.2 Å². The Morgan fingerprint density at radius 3 is 2.56 bits per heavy atom. The zero-order valence-electron chi connectivity index (χ0n) is 21.1. The number of hydrogen-bond donors (Lipinski definition) is 7. The van der Waals surface area contributed by atoms with Gasteiger partial charge < -0.3 is 55.2 Å². The standard InChI is InChI=1S/C22H26N9O9P/c1-8-10(3-32)39-22(30-6-27-13-9(30)2-12(23)29-20(13)35)17(8)41(36,37)38-4-11-15(33)16(34)21(40-11)31-7-28-14-18(24)25-5-26-19(14)31/h2,5-7,10-11,15-17,21-22,32-34H,1,3-4H2,(H,36,37)(H3,23,29,35)(H2,24,25,26)/t10-,11-,15-,16-,17-,21-,22-/m1/s1. The summed E-state index contributed by atoms with van der Waals surface area (Å²) in [6, 6.07) is 1.41. The fraction of sp³-hybridized carbons (Fsp3) is 0.409. The van der Waals surface area contributed by atoms with Gasteiger partial charge in [-0.2, -0.15) is 0 Å². The van der Waals surface area contributed by atoms with Crippen molar-refractivity contribution in [2.75, 3.05) is 24.7 Å². The van der Waals surface area contributed by atoms with Crippen LogP contribution in [0.1, 0.15) is 12.5 Å². The highest BCUT2D eigenvalue weighted by Gasteiger charge is 2.52. The van der Waals surface area contributed by atoms with E-state index in [1.165, 1.54) is 34.2 Å². The number of nitrogens with zero attached hydrogens (tertiary/aromatic N) is 6. The minimum absolute atomic E-state index is 0.00913. The molecule has 4 aromatic heterocycles. The summed E-state index contributed by atoms with van der Waals surface area (Å²) in [5, 5.41) is 31.2. The quantitative estimate of drug-likeness (QED) is 0.0938.